The minimum absolute atomic E-state index is 0.116. The van der Waals surface area contributed by atoms with Crippen molar-refractivity contribution in [2.45, 2.75) is 31.0 Å². The quantitative estimate of drug-likeness (QED) is 0.736. The summed E-state index contributed by atoms with van der Waals surface area (Å²) in [5.41, 5.74) is 0.559. The maximum atomic E-state index is 13.5. The fraction of sp³-hybridized carbons (Fsp3) is 0.455. The van der Waals surface area contributed by atoms with Crippen LogP contribution in [0.25, 0.3) is 0 Å². The Morgan fingerprint density at radius 1 is 1.04 bits per heavy atom. The Morgan fingerprint density at radius 3 is 2.18 bits per heavy atom. The van der Waals surface area contributed by atoms with Gasteiger partial charge in [-0.05, 0) is 47.9 Å². The fourth-order valence-electron chi connectivity index (χ4n) is 4.95. The van der Waals surface area contributed by atoms with Crippen LogP contribution in [0.2, 0.25) is 0 Å². The second kappa shape index (κ2) is 7.43. The van der Waals surface area contributed by atoms with Crippen LogP contribution in [0, 0.1) is 23.5 Å². The summed E-state index contributed by atoms with van der Waals surface area (Å²) in [6.45, 7) is 1.78. The smallest absolute Gasteiger partial charge is 0.187 e. The zero-order valence-electron chi connectivity index (χ0n) is 15.6. The van der Waals surface area contributed by atoms with Gasteiger partial charge in [-0.1, -0.05) is 30.3 Å². The van der Waals surface area contributed by atoms with Gasteiger partial charge in [0.05, 0.1) is 11.7 Å². The van der Waals surface area contributed by atoms with Gasteiger partial charge < -0.3 is 15.3 Å². The van der Waals surface area contributed by atoms with E-state index in [-0.39, 0.29) is 12.1 Å². The molecule has 0 spiro atoms. The van der Waals surface area contributed by atoms with Crippen molar-refractivity contribution in [3.8, 4) is 5.75 Å². The lowest BCUT2D eigenvalue weighted by molar-refractivity contribution is 0.0328. The van der Waals surface area contributed by atoms with Crippen LogP contribution < -0.4 is 0 Å². The summed E-state index contributed by atoms with van der Waals surface area (Å²) >= 11 is 0. The lowest BCUT2D eigenvalue weighted by Gasteiger charge is -2.27. The SMILES string of the molecule is Oc1c(F)cc(C(O)CN2C[C@@H]3C[C@](O)(Cc4ccccc4)C[C@@H]3C2)cc1F. The third kappa shape index (κ3) is 3.90. The number of hydrogen-bond acceptors (Lipinski definition) is 4. The number of β-amino-alcohol motifs (C(OH)–C–C–N with tert-alkyl or cyclic N) is 1. The number of rotatable bonds is 5. The second-order valence-corrected chi connectivity index (χ2v) is 8.38. The zero-order valence-corrected chi connectivity index (χ0v) is 15.6. The van der Waals surface area contributed by atoms with Gasteiger partial charge in [0.15, 0.2) is 17.4 Å². The minimum Gasteiger partial charge on any atom is -0.503 e. The van der Waals surface area contributed by atoms with Crippen molar-refractivity contribution in [2.75, 3.05) is 19.6 Å². The Balaban J connectivity index is 1.35. The topological polar surface area (TPSA) is 63.9 Å². The van der Waals surface area contributed by atoms with E-state index in [2.05, 4.69) is 4.90 Å². The summed E-state index contributed by atoms with van der Waals surface area (Å²) in [4.78, 5) is 2.09. The van der Waals surface area contributed by atoms with Crippen molar-refractivity contribution in [2.24, 2.45) is 11.8 Å². The molecule has 2 aliphatic rings. The molecule has 150 valence electrons. The molecular formula is C22H25F2NO3. The Morgan fingerprint density at radius 2 is 1.61 bits per heavy atom. The van der Waals surface area contributed by atoms with Crippen LogP contribution in [0.15, 0.2) is 42.5 Å². The highest BCUT2D eigenvalue weighted by atomic mass is 19.1. The van der Waals surface area contributed by atoms with Gasteiger partial charge in [0.1, 0.15) is 0 Å². The van der Waals surface area contributed by atoms with Crippen LogP contribution in [-0.4, -0.2) is 45.5 Å². The van der Waals surface area contributed by atoms with Crippen LogP contribution >= 0.6 is 0 Å². The van der Waals surface area contributed by atoms with Gasteiger partial charge in [0.25, 0.3) is 0 Å². The van der Waals surface area contributed by atoms with Crippen LogP contribution in [0.4, 0.5) is 8.78 Å². The first kappa shape index (κ1) is 19.3. The number of aliphatic hydroxyl groups excluding tert-OH is 1. The van der Waals surface area contributed by atoms with Gasteiger partial charge in [-0.15, -0.1) is 0 Å². The van der Waals surface area contributed by atoms with Crippen molar-refractivity contribution >= 4 is 0 Å². The van der Waals surface area contributed by atoms with Crippen molar-refractivity contribution in [3.05, 3.63) is 65.2 Å². The number of likely N-dealkylation sites (tertiary alicyclic amines) is 1. The molecule has 0 bridgehead atoms. The maximum absolute atomic E-state index is 13.5. The van der Waals surface area contributed by atoms with E-state index >= 15 is 0 Å². The number of phenols is 1. The molecule has 1 unspecified atom stereocenters. The lowest BCUT2D eigenvalue weighted by Crippen LogP contribution is -2.33. The monoisotopic (exact) mass is 389 g/mol. The number of benzene rings is 2. The van der Waals surface area contributed by atoms with Crippen molar-refractivity contribution in [3.63, 3.8) is 0 Å². The number of nitrogens with zero attached hydrogens (tertiary/aromatic N) is 1. The number of hydrogen-bond donors (Lipinski definition) is 3. The van der Waals surface area contributed by atoms with E-state index in [1.165, 1.54) is 0 Å². The molecule has 4 atom stereocenters. The van der Waals surface area contributed by atoms with E-state index in [1.807, 2.05) is 30.3 Å². The Bertz CT molecular complexity index is 808. The molecule has 1 saturated heterocycles. The van der Waals surface area contributed by atoms with E-state index in [9.17, 15) is 24.1 Å². The van der Waals surface area contributed by atoms with E-state index in [0.717, 1.165) is 43.6 Å². The molecule has 6 heteroatoms. The number of phenolic OH excluding ortho intramolecular Hbond substituents is 1. The third-order valence-corrected chi connectivity index (χ3v) is 6.17. The molecule has 0 aromatic heterocycles. The molecule has 0 radical (unpaired) electrons. The van der Waals surface area contributed by atoms with Gasteiger partial charge >= 0.3 is 0 Å². The molecule has 3 N–H and O–H groups in total. The van der Waals surface area contributed by atoms with E-state index in [1.54, 1.807) is 0 Å². The van der Waals surface area contributed by atoms with Crippen molar-refractivity contribution < 1.29 is 24.1 Å². The molecule has 28 heavy (non-hydrogen) atoms. The number of halogens is 2. The Hall–Kier alpha value is -2.02. The van der Waals surface area contributed by atoms with Crippen molar-refractivity contribution in [1.29, 1.82) is 0 Å². The molecular weight excluding hydrogens is 364 g/mol. The van der Waals surface area contributed by atoms with Gasteiger partial charge in [0, 0.05) is 26.1 Å². The highest BCUT2D eigenvalue weighted by Gasteiger charge is 2.48. The van der Waals surface area contributed by atoms with E-state index in [4.69, 9.17) is 0 Å². The largest absolute Gasteiger partial charge is 0.503 e. The lowest BCUT2D eigenvalue weighted by atomic mass is 9.91. The predicted molar refractivity (Wildman–Crippen MR) is 101 cm³/mol. The van der Waals surface area contributed by atoms with Crippen molar-refractivity contribution in [1.82, 2.24) is 4.90 Å². The third-order valence-electron chi connectivity index (χ3n) is 6.17. The standard InChI is InChI=1S/C22H25F2NO3/c23-18-6-15(7-19(24)21(18)27)20(26)13-25-11-16-9-22(28,10-17(16)12-25)8-14-4-2-1-3-5-14/h1-7,16-17,20,26-28H,8-13H2/t16-,17+,20?,22+. The average Bonchev–Trinajstić information content (AvgIpc) is 3.13. The summed E-state index contributed by atoms with van der Waals surface area (Å²) in [5.74, 6) is -2.45. The molecule has 2 fully saturated rings. The molecule has 1 saturated carbocycles. The minimum atomic E-state index is -1.07. The molecule has 0 amide bonds. The number of aromatic hydroxyl groups is 1. The molecule has 2 aromatic rings. The summed E-state index contributed by atoms with van der Waals surface area (Å²) in [5, 5.41) is 30.6. The van der Waals surface area contributed by atoms with Crippen LogP contribution in [-0.2, 0) is 6.42 Å². The average molecular weight is 389 g/mol. The van der Waals surface area contributed by atoms with Gasteiger partial charge in [-0.25, -0.2) is 8.78 Å². The molecule has 1 aliphatic carbocycles. The molecule has 2 aromatic carbocycles. The van der Waals surface area contributed by atoms with Crippen LogP contribution in [0.1, 0.15) is 30.1 Å². The molecule has 4 nitrogen and oxygen atoms in total. The maximum Gasteiger partial charge on any atom is 0.187 e. The van der Waals surface area contributed by atoms with Crippen LogP contribution in [0.3, 0.4) is 0 Å². The Kier molecular flexibility index (Phi) is 5.12. The summed E-state index contributed by atoms with van der Waals surface area (Å²) in [6.07, 6.45) is 1.06. The van der Waals surface area contributed by atoms with Crippen LogP contribution in [0.5, 0.6) is 5.75 Å². The summed E-state index contributed by atoms with van der Waals surface area (Å²) in [7, 11) is 0. The number of fused-ring (bicyclic) bond motifs is 1. The van der Waals surface area contributed by atoms with Gasteiger partial charge in [-0.3, -0.25) is 4.90 Å². The first-order chi connectivity index (χ1) is 13.3. The highest BCUT2D eigenvalue weighted by Crippen LogP contribution is 2.45. The Labute approximate surface area is 163 Å². The predicted octanol–water partition coefficient (Wildman–Crippen LogP) is 3.02. The van der Waals surface area contributed by atoms with E-state index in [0.29, 0.717) is 18.3 Å². The second-order valence-electron chi connectivity index (χ2n) is 8.38. The summed E-state index contributed by atoms with van der Waals surface area (Å²) < 4.78 is 27.0. The first-order valence-electron chi connectivity index (χ1n) is 9.67. The fourth-order valence-corrected chi connectivity index (χ4v) is 4.95. The normalized spacial score (nSPS) is 28.4. The highest BCUT2D eigenvalue weighted by molar-refractivity contribution is 5.31. The van der Waals surface area contributed by atoms with E-state index < -0.39 is 29.1 Å². The zero-order chi connectivity index (χ0) is 19.9. The summed E-state index contributed by atoms with van der Waals surface area (Å²) in [6, 6.07) is 11.9. The van der Waals surface area contributed by atoms with Gasteiger partial charge in [0.2, 0.25) is 0 Å². The van der Waals surface area contributed by atoms with Gasteiger partial charge in [-0.2, -0.15) is 0 Å². The first-order valence-corrected chi connectivity index (χ1v) is 9.67. The molecule has 1 aliphatic heterocycles. The number of aliphatic hydroxyl groups is 2. The molecule has 1 heterocycles. The molecule has 4 rings (SSSR count).